The zero-order chi connectivity index (χ0) is 17.1. The second kappa shape index (κ2) is 7.33. The first-order chi connectivity index (χ1) is 11.7. The largest absolute Gasteiger partial charge is 0.374 e. The number of fused-ring (bicyclic) bond motifs is 1. The van der Waals surface area contributed by atoms with Crippen molar-refractivity contribution in [3.63, 3.8) is 0 Å². The number of amides is 1. The molecule has 0 saturated carbocycles. The molecule has 0 aliphatic carbocycles. The van der Waals surface area contributed by atoms with E-state index in [0.717, 1.165) is 32.5 Å². The van der Waals surface area contributed by atoms with Crippen molar-refractivity contribution < 1.29 is 9.53 Å². The molecule has 24 heavy (non-hydrogen) atoms. The highest BCUT2D eigenvalue weighted by atomic mass is 16.5. The highest BCUT2D eigenvalue weighted by Gasteiger charge is 2.47. The van der Waals surface area contributed by atoms with Gasteiger partial charge >= 0.3 is 0 Å². The van der Waals surface area contributed by atoms with Crippen LogP contribution in [0.3, 0.4) is 0 Å². The Morgan fingerprint density at radius 1 is 1.42 bits per heavy atom. The maximum atomic E-state index is 13.1. The van der Waals surface area contributed by atoms with Crippen molar-refractivity contribution in [2.24, 2.45) is 0 Å². The number of benzene rings is 1. The van der Waals surface area contributed by atoms with Crippen molar-refractivity contribution in [1.29, 1.82) is 5.26 Å². The van der Waals surface area contributed by atoms with Crippen molar-refractivity contribution >= 4 is 5.91 Å². The molecular weight excluding hydrogens is 302 g/mol. The average Bonchev–Trinajstić information content (AvgIpc) is 3.02. The van der Waals surface area contributed by atoms with E-state index in [1.807, 2.05) is 4.90 Å². The fourth-order valence-corrected chi connectivity index (χ4v) is 4.07. The van der Waals surface area contributed by atoms with Gasteiger partial charge in [0.15, 0.2) is 0 Å². The summed E-state index contributed by atoms with van der Waals surface area (Å²) in [5.41, 5.74) is 1.12. The van der Waals surface area contributed by atoms with E-state index in [-0.39, 0.29) is 24.1 Å². The predicted molar refractivity (Wildman–Crippen MR) is 91.7 cm³/mol. The van der Waals surface area contributed by atoms with E-state index in [1.165, 1.54) is 0 Å². The number of likely N-dealkylation sites (N-methyl/N-ethyl adjacent to an activating group) is 1. The average molecular weight is 327 g/mol. The van der Waals surface area contributed by atoms with Crippen LogP contribution >= 0.6 is 0 Å². The van der Waals surface area contributed by atoms with Gasteiger partial charge in [-0.05, 0) is 44.1 Å². The van der Waals surface area contributed by atoms with Crippen molar-refractivity contribution in [2.75, 3.05) is 26.2 Å². The molecular formula is C19H25N3O2. The molecule has 2 heterocycles. The van der Waals surface area contributed by atoms with Crippen LogP contribution in [0.5, 0.6) is 0 Å². The second-order valence-corrected chi connectivity index (χ2v) is 6.48. The van der Waals surface area contributed by atoms with E-state index in [2.05, 4.69) is 24.8 Å². The van der Waals surface area contributed by atoms with Crippen molar-refractivity contribution in [3.8, 4) is 6.07 Å². The summed E-state index contributed by atoms with van der Waals surface area (Å²) in [6.45, 7) is 7.71. The Labute approximate surface area is 143 Å². The Morgan fingerprint density at radius 3 is 2.92 bits per heavy atom. The summed E-state index contributed by atoms with van der Waals surface area (Å²) in [7, 11) is 0. The zero-order valence-electron chi connectivity index (χ0n) is 14.4. The van der Waals surface area contributed by atoms with Gasteiger partial charge in [-0.3, -0.25) is 9.69 Å². The van der Waals surface area contributed by atoms with Crippen LogP contribution in [0.15, 0.2) is 24.3 Å². The minimum absolute atomic E-state index is 0.0160. The maximum Gasteiger partial charge on any atom is 0.254 e. The third kappa shape index (κ3) is 3.04. The SMILES string of the molecule is CCN(CC)[C@@H]1CN(C(=O)c2cccc(C#N)c2)[C@@H]2CCCO[C@H]12. The van der Waals surface area contributed by atoms with E-state index >= 15 is 0 Å². The van der Waals surface area contributed by atoms with Gasteiger partial charge in [-0.1, -0.05) is 19.9 Å². The van der Waals surface area contributed by atoms with Gasteiger partial charge in [0, 0.05) is 18.7 Å². The van der Waals surface area contributed by atoms with Crippen molar-refractivity contribution in [3.05, 3.63) is 35.4 Å². The lowest BCUT2D eigenvalue weighted by Crippen LogP contribution is -2.47. The Balaban J connectivity index is 1.86. The standard InChI is InChI=1S/C19H25N3O2/c1-3-21(4-2)17-13-22(16-9-6-10-24-18(16)17)19(23)15-8-5-7-14(11-15)12-20/h5,7-8,11,16-18H,3-4,6,9-10,13H2,1-2H3/t16-,17-,18+/m1/s1. The molecule has 1 aromatic carbocycles. The van der Waals surface area contributed by atoms with Crippen LogP contribution in [0.25, 0.3) is 0 Å². The van der Waals surface area contributed by atoms with Gasteiger partial charge in [0.2, 0.25) is 0 Å². The van der Waals surface area contributed by atoms with E-state index in [4.69, 9.17) is 10.00 Å². The van der Waals surface area contributed by atoms with Gasteiger partial charge in [-0.15, -0.1) is 0 Å². The fourth-order valence-electron chi connectivity index (χ4n) is 4.07. The summed E-state index contributed by atoms with van der Waals surface area (Å²) in [6, 6.07) is 9.50. The highest BCUT2D eigenvalue weighted by molar-refractivity contribution is 5.95. The predicted octanol–water partition coefficient (Wildman–Crippen LogP) is 2.27. The summed E-state index contributed by atoms with van der Waals surface area (Å²) in [4.78, 5) is 17.4. The van der Waals surface area contributed by atoms with E-state index in [1.54, 1.807) is 24.3 Å². The van der Waals surface area contributed by atoms with Gasteiger partial charge in [-0.2, -0.15) is 5.26 Å². The molecule has 2 aliphatic rings. The number of carbonyl (C=O) groups excluding carboxylic acids is 1. The summed E-state index contributed by atoms with van der Waals surface area (Å²) in [5, 5.41) is 9.07. The fraction of sp³-hybridized carbons (Fsp3) is 0.579. The van der Waals surface area contributed by atoms with Crippen LogP contribution in [0.2, 0.25) is 0 Å². The number of rotatable bonds is 4. The molecule has 1 amide bonds. The Morgan fingerprint density at radius 2 is 2.21 bits per heavy atom. The summed E-state index contributed by atoms with van der Waals surface area (Å²) in [5.74, 6) is 0.0160. The lowest BCUT2D eigenvalue weighted by molar-refractivity contribution is -0.0369. The molecule has 1 aromatic rings. The lowest BCUT2D eigenvalue weighted by atomic mass is 9.99. The normalized spacial score (nSPS) is 26.2. The lowest BCUT2D eigenvalue weighted by Gasteiger charge is -2.35. The topological polar surface area (TPSA) is 56.6 Å². The molecule has 0 spiro atoms. The summed E-state index contributed by atoms with van der Waals surface area (Å²) in [6.07, 6.45) is 2.09. The Hall–Kier alpha value is -1.90. The van der Waals surface area contributed by atoms with Gasteiger partial charge in [0.1, 0.15) is 0 Å². The molecule has 0 unspecified atom stereocenters. The smallest absolute Gasteiger partial charge is 0.254 e. The number of nitriles is 1. The van der Waals surface area contributed by atoms with E-state index in [0.29, 0.717) is 17.7 Å². The molecule has 3 rings (SSSR count). The third-order valence-corrected chi connectivity index (χ3v) is 5.28. The molecule has 5 nitrogen and oxygen atoms in total. The van der Waals surface area contributed by atoms with Crippen molar-refractivity contribution in [2.45, 2.75) is 44.9 Å². The van der Waals surface area contributed by atoms with Gasteiger partial charge in [-0.25, -0.2) is 0 Å². The van der Waals surface area contributed by atoms with Crippen LogP contribution in [0.1, 0.15) is 42.6 Å². The Bertz CT molecular complexity index is 636. The molecule has 5 heteroatoms. The number of hydrogen-bond donors (Lipinski definition) is 0. The zero-order valence-corrected chi connectivity index (χ0v) is 14.4. The summed E-state index contributed by atoms with van der Waals surface area (Å²) < 4.78 is 6.07. The molecule has 0 radical (unpaired) electrons. The van der Waals surface area contributed by atoms with Gasteiger partial charge < -0.3 is 9.64 Å². The molecule has 2 aliphatic heterocycles. The highest BCUT2D eigenvalue weighted by Crippen LogP contribution is 2.32. The molecule has 0 aromatic heterocycles. The second-order valence-electron chi connectivity index (χ2n) is 6.48. The van der Waals surface area contributed by atoms with Gasteiger partial charge in [0.05, 0.1) is 29.8 Å². The molecule has 3 atom stereocenters. The number of likely N-dealkylation sites (tertiary alicyclic amines) is 1. The first kappa shape index (κ1) is 16.9. The van der Waals surface area contributed by atoms with Crippen LogP contribution in [0.4, 0.5) is 0 Å². The maximum absolute atomic E-state index is 13.1. The minimum atomic E-state index is 0.0160. The van der Waals surface area contributed by atoms with E-state index < -0.39 is 0 Å². The number of ether oxygens (including phenoxy) is 1. The number of nitrogens with zero attached hydrogens (tertiary/aromatic N) is 3. The first-order valence-corrected chi connectivity index (χ1v) is 8.86. The third-order valence-electron chi connectivity index (χ3n) is 5.28. The molecule has 0 bridgehead atoms. The number of carbonyl (C=O) groups is 1. The van der Waals surface area contributed by atoms with Crippen LogP contribution in [-0.2, 0) is 4.74 Å². The summed E-state index contributed by atoms with van der Waals surface area (Å²) >= 11 is 0. The first-order valence-electron chi connectivity index (χ1n) is 8.86. The Kier molecular flexibility index (Phi) is 5.17. The molecule has 0 N–H and O–H groups in total. The number of hydrogen-bond acceptors (Lipinski definition) is 4. The van der Waals surface area contributed by atoms with Crippen LogP contribution < -0.4 is 0 Å². The van der Waals surface area contributed by atoms with E-state index in [9.17, 15) is 4.79 Å². The van der Waals surface area contributed by atoms with Crippen molar-refractivity contribution in [1.82, 2.24) is 9.80 Å². The van der Waals surface area contributed by atoms with Crippen LogP contribution in [-0.4, -0.2) is 60.1 Å². The van der Waals surface area contributed by atoms with Crippen LogP contribution in [0, 0.1) is 11.3 Å². The molecule has 2 fully saturated rings. The monoisotopic (exact) mass is 327 g/mol. The molecule has 2 saturated heterocycles. The minimum Gasteiger partial charge on any atom is -0.374 e. The quantitative estimate of drug-likeness (QED) is 0.851. The van der Waals surface area contributed by atoms with Gasteiger partial charge in [0.25, 0.3) is 5.91 Å². The molecule has 128 valence electrons.